The Morgan fingerprint density at radius 2 is 1.72 bits per heavy atom. The van der Waals surface area contributed by atoms with Crippen LogP contribution in [0, 0.1) is 0 Å². The molecule has 2 amide bonds. The monoisotopic (exact) mass is 382 g/mol. The molecular formula is C16H18N2O5S2. The van der Waals surface area contributed by atoms with E-state index in [1.807, 2.05) is 0 Å². The van der Waals surface area contributed by atoms with E-state index < -0.39 is 26.9 Å². The Morgan fingerprint density at radius 1 is 1.04 bits per heavy atom. The Kier molecular flexibility index (Phi) is 6.68. The van der Waals surface area contributed by atoms with Crippen molar-refractivity contribution in [3.63, 3.8) is 0 Å². The molecule has 0 saturated heterocycles. The zero-order valence-corrected chi connectivity index (χ0v) is 14.8. The third kappa shape index (κ3) is 4.88. The summed E-state index contributed by atoms with van der Waals surface area (Å²) >= 11 is 1.26. The van der Waals surface area contributed by atoms with Crippen molar-refractivity contribution in [2.45, 2.75) is 10.1 Å². The fourth-order valence-corrected chi connectivity index (χ4v) is 4.93. The van der Waals surface area contributed by atoms with Gasteiger partial charge in [-0.2, -0.15) is 0 Å². The summed E-state index contributed by atoms with van der Waals surface area (Å²) in [4.78, 5) is 24.0. The number of thiophene rings is 1. The first kappa shape index (κ1) is 19.1. The van der Waals surface area contributed by atoms with E-state index in [0.29, 0.717) is 4.88 Å². The van der Waals surface area contributed by atoms with Gasteiger partial charge in [-0.1, -0.05) is 24.3 Å². The Hall–Kier alpha value is -2.23. The molecular weight excluding hydrogens is 364 g/mol. The molecule has 0 bridgehead atoms. The number of aliphatic hydroxyl groups is 1. The van der Waals surface area contributed by atoms with Crippen LogP contribution in [0.15, 0.2) is 52.7 Å². The van der Waals surface area contributed by atoms with Crippen LogP contribution in [0.5, 0.6) is 0 Å². The average molecular weight is 382 g/mol. The van der Waals surface area contributed by atoms with Crippen LogP contribution in [0.4, 0.5) is 0 Å². The molecule has 2 rings (SSSR count). The number of rotatable bonds is 7. The van der Waals surface area contributed by atoms with E-state index in [1.165, 1.54) is 23.5 Å². The molecule has 3 N–H and O–H groups in total. The molecule has 0 aliphatic heterocycles. The third-order valence-corrected chi connectivity index (χ3v) is 6.59. The largest absolute Gasteiger partial charge is 0.395 e. The molecule has 0 saturated carbocycles. The van der Waals surface area contributed by atoms with Crippen LogP contribution in [-0.4, -0.2) is 45.0 Å². The Morgan fingerprint density at radius 3 is 2.32 bits per heavy atom. The normalized spacial score (nSPS) is 12.4. The third-order valence-electron chi connectivity index (χ3n) is 3.36. The maximum atomic E-state index is 12.9. The van der Waals surface area contributed by atoms with Crippen LogP contribution in [0.2, 0.25) is 0 Å². The molecule has 0 aliphatic rings. The molecule has 9 heteroatoms. The summed E-state index contributed by atoms with van der Waals surface area (Å²) in [5, 5.41) is 14.0. The Bertz CT molecular complexity index is 804. The van der Waals surface area contributed by atoms with Crippen molar-refractivity contribution < 1.29 is 23.1 Å². The van der Waals surface area contributed by atoms with Gasteiger partial charge in [-0.15, -0.1) is 11.3 Å². The molecule has 0 aliphatic carbocycles. The van der Waals surface area contributed by atoms with Gasteiger partial charge in [0.25, 0.3) is 0 Å². The smallest absolute Gasteiger partial charge is 0.309 e. The predicted molar refractivity (Wildman–Crippen MR) is 93.8 cm³/mol. The Balaban J connectivity index is 2.18. The molecule has 0 radical (unpaired) electrons. The second-order valence-electron chi connectivity index (χ2n) is 5.05. The van der Waals surface area contributed by atoms with Crippen LogP contribution >= 0.6 is 11.3 Å². The number of hydrogen-bond donors (Lipinski definition) is 3. The van der Waals surface area contributed by atoms with Gasteiger partial charge in [-0.3, -0.25) is 9.59 Å². The summed E-state index contributed by atoms with van der Waals surface area (Å²) < 4.78 is 25.8. The van der Waals surface area contributed by atoms with E-state index >= 15 is 0 Å². The molecule has 0 fully saturated rings. The fourth-order valence-electron chi connectivity index (χ4n) is 2.13. The maximum Gasteiger partial charge on any atom is 0.309 e. The second-order valence-corrected chi connectivity index (χ2v) is 8.16. The minimum Gasteiger partial charge on any atom is -0.395 e. The van der Waals surface area contributed by atoms with Crippen LogP contribution in [0.25, 0.3) is 0 Å². The maximum absolute atomic E-state index is 12.9. The lowest BCUT2D eigenvalue weighted by molar-refractivity contribution is -0.139. The van der Waals surface area contributed by atoms with Gasteiger partial charge in [0, 0.05) is 18.0 Å². The molecule has 2 aromatic rings. The van der Waals surface area contributed by atoms with Gasteiger partial charge < -0.3 is 15.7 Å². The number of amides is 2. The molecule has 1 atom stereocenters. The van der Waals surface area contributed by atoms with E-state index in [4.69, 9.17) is 5.11 Å². The van der Waals surface area contributed by atoms with Gasteiger partial charge in [-0.05, 0) is 23.6 Å². The van der Waals surface area contributed by atoms with E-state index in [-0.39, 0.29) is 24.6 Å². The number of carbonyl (C=O) groups is 2. The van der Waals surface area contributed by atoms with Crippen molar-refractivity contribution in [2.24, 2.45) is 0 Å². The SMILES string of the molecule is O=C(NCCO)C(=O)NC[C@@H](c1cccs1)S(=O)(=O)c1ccccc1. The molecule has 1 aromatic heterocycles. The summed E-state index contributed by atoms with van der Waals surface area (Å²) in [6, 6.07) is 11.3. The first-order valence-corrected chi connectivity index (χ1v) is 9.88. The van der Waals surface area contributed by atoms with Crippen molar-refractivity contribution in [1.82, 2.24) is 10.6 Å². The van der Waals surface area contributed by atoms with Gasteiger partial charge in [0.2, 0.25) is 0 Å². The summed E-state index contributed by atoms with van der Waals surface area (Å²) in [6.07, 6.45) is 0. The first-order valence-electron chi connectivity index (χ1n) is 7.46. The van der Waals surface area contributed by atoms with E-state index in [2.05, 4.69) is 10.6 Å². The second kappa shape index (κ2) is 8.75. The highest BCUT2D eigenvalue weighted by molar-refractivity contribution is 7.91. The minimum absolute atomic E-state index is 0.0527. The summed E-state index contributed by atoms with van der Waals surface area (Å²) in [5.74, 6) is -1.87. The molecule has 1 heterocycles. The van der Waals surface area contributed by atoms with Crippen LogP contribution in [-0.2, 0) is 19.4 Å². The lowest BCUT2D eigenvalue weighted by atomic mass is 10.3. The Labute approximate surface area is 149 Å². The fraction of sp³-hybridized carbons (Fsp3) is 0.250. The number of carbonyl (C=O) groups excluding carboxylic acids is 2. The van der Waals surface area contributed by atoms with E-state index in [1.54, 1.807) is 35.7 Å². The highest BCUT2D eigenvalue weighted by Gasteiger charge is 2.30. The highest BCUT2D eigenvalue weighted by atomic mass is 32.2. The summed E-state index contributed by atoms with van der Waals surface area (Å²) in [5.41, 5.74) is 0. The van der Waals surface area contributed by atoms with Gasteiger partial charge >= 0.3 is 11.8 Å². The van der Waals surface area contributed by atoms with Crippen LogP contribution in [0.3, 0.4) is 0 Å². The lowest BCUT2D eigenvalue weighted by Crippen LogP contribution is -2.43. The van der Waals surface area contributed by atoms with Gasteiger partial charge in [0.15, 0.2) is 9.84 Å². The number of nitrogens with one attached hydrogen (secondary N) is 2. The van der Waals surface area contributed by atoms with Crippen molar-refractivity contribution in [1.29, 1.82) is 0 Å². The summed E-state index contributed by atoms with van der Waals surface area (Å²) in [7, 11) is -3.74. The first-order chi connectivity index (χ1) is 12.0. The zero-order valence-electron chi connectivity index (χ0n) is 13.2. The quantitative estimate of drug-likeness (QED) is 0.603. The van der Waals surface area contributed by atoms with Crippen molar-refractivity contribution in [3.05, 3.63) is 52.7 Å². The molecule has 25 heavy (non-hydrogen) atoms. The van der Waals surface area contributed by atoms with Crippen LogP contribution in [0.1, 0.15) is 10.1 Å². The highest BCUT2D eigenvalue weighted by Crippen LogP contribution is 2.31. The number of hydrogen-bond acceptors (Lipinski definition) is 6. The molecule has 1 aromatic carbocycles. The van der Waals surface area contributed by atoms with E-state index in [0.717, 1.165) is 0 Å². The lowest BCUT2D eigenvalue weighted by Gasteiger charge is -2.17. The van der Waals surface area contributed by atoms with Gasteiger partial charge in [0.05, 0.1) is 11.5 Å². The van der Waals surface area contributed by atoms with Crippen molar-refractivity contribution in [2.75, 3.05) is 19.7 Å². The number of aliphatic hydroxyl groups excluding tert-OH is 1. The topological polar surface area (TPSA) is 113 Å². The van der Waals surface area contributed by atoms with Crippen LogP contribution < -0.4 is 10.6 Å². The average Bonchev–Trinajstić information content (AvgIpc) is 3.14. The molecule has 7 nitrogen and oxygen atoms in total. The van der Waals surface area contributed by atoms with Crippen molar-refractivity contribution in [3.8, 4) is 0 Å². The molecule has 0 unspecified atom stereocenters. The minimum atomic E-state index is -3.74. The van der Waals surface area contributed by atoms with Gasteiger partial charge in [-0.25, -0.2) is 8.42 Å². The summed E-state index contributed by atoms with van der Waals surface area (Å²) in [6.45, 7) is -0.578. The van der Waals surface area contributed by atoms with Gasteiger partial charge in [0.1, 0.15) is 5.25 Å². The standard InChI is InChI=1S/C16H18N2O5S2/c19-9-8-17-15(20)16(21)18-11-14(13-7-4-10-24-13)25(22,23)12-5-2-1-3-6-12/h1-7,10,14,19H,8-9,11H2,(H,17,20)(H,18,21)/t14-/m0/s1. The number of sulfone groups is 1. The zero-order chi connectivity index (χ0) is 18.3. The van der Waals surface area contributed by atoms with Crippen molar-refractivity contribution >= 4 is 33.0 Å². The number of benzene rings is 1. The predicted octanol–water partition coefficient (Wildman–Crippen LogP) is 0.488. The molecule has 0 spiro atoms. The molecule has 134 valence electrons. The van der Waals surface area contributed by atoms with E-state index in [9.17, 15) is 18.0 Å².